The molecule has 0 atom stereocenters. The van der Waals surface area contributed by atoms with Crippen LogP contribution >= 0.6 is 15.9 Å². The van der Waals surface area contributed by atoms with Gasteiger partial charge in [-0.15, -0.1) is 0 Å². The van der Waals surface area contributed by atoms with E-state index in [2.05, 4.69) is 30.6 Å². The molecule has 1 rings (SSSR count). The van der Waals surface area contributed by atoms with Crippen molar-refractivity contribution in [1.29, 1.82) is 0 Å². The zero-order valence-electron chi connectivity index (χ0n) is 9.55. The number of ether oxygens (including phenoxy) is 1. The van der Waals surface area contributed by atoms with Gasteiger partial charge in [0.05, 0.1) is 18.5 Å². The summed E-state index contributed by atoms with van der Waals surface area (Å²) < 4.78 is 31.7. The van der Waals surface area contributed by atoms with Crippen LogP contribution in [0.3, 0.4) is 0 Å². The number of amides is 1. The maximum absolute atomic E-state index is 11.5. The summed E-state index contributed by atoms with van der Waals surface area (Å²) in [7, 11) is -4.08. The first-order valence-corrected chi connectivity index (χ1v) is 7.05. The zero-order valence-corrected chi connectivity index (χ0v) is 11.9. The highest BCUT2D eigenvalue weighted by Crippen LogP contribution is 2.07. The Morgan fingerprint density at radius 3 is 2.56 bits per heavy atom. The Morgan fingerprint density at radius 1 is 1.39 bits per heavy atom. The first-order chi connectivity index (χ1) is 8.28. The second kappa shape index (κ2) is 5.96. The standard InChI is InChI=1S/C8H11BrN4O4S/c1-5(2)17-8(14)13-18(15,16)12-7-4-10-6(9)3-11-7/h3-5H,1-2H3,(H,11,12)(H,13,14). The summed E-state index contributed by atoms with van der Waals surface area (Å²) in [6.45, 7) is 3.19. The van der Waals surface area contributed by atoms with E-state index in [9.17, 15) is 13.2 Å². The minimum Gasteiger partial charge on any atom is -0.446 e. The van der Waals surface area contributed by atoms with Gasteiger partial charge in [0.25, 0.3) is 0 Å². The van der Waals surface area contributed by atoms with Crippen LogP contribution in [0.5, 0.6) is 0 Å². The second-order valence-electron chi connectivity index (χ2n) is 3.39. The fraction of sp³-hybridized carbons (Fsp3) is 0.375. The summed E-state index contributed by atoms with van der Waals surface area (Å²) in [4.78, 5) is 18.6. The number of halogens is 1. The number of hydrogen-bond donors (Lipinski definition) is 2. The highest BCUT2D eigenvalue weighted by atomic mass is 79.9. The van der Waals surface area contributed by atoms with Gasteiger partial charge >= 0.3 is 16.3 Å². The topological polar surface area (TPSA) is 110 Å². The molecular formula is C8H11BrN4O4S. The van der Waals surface area contributed by atoms with Gasteiger partial charge in [-0.25, -0.2) is 24.2 Å². The van der Waals surface area contributed by atoms with Crippen LogP contribution in [0.1, 0.15) is 13.8 Å². The molecule has 0 unspecified atom stereocenters. The van der Waals surface area contributed by atoms with Gasteiger partial charge in [0.1, 0.15) is 4.60 Å². The number of nitrogens with zero attached hydrogens (tertiary/aromatic N) is 2. The van der Waals surface area contributed by atoms with Crippen LogP contribution in [0, 0.1) is 0 Å². The molecule has 0 saturated heterocycles. The number of carbonyl (C=O) groups excluding carboxylic acids is 1. The monoisotopic (exact) mass is 338 g/mol. The molecule has 100 valence electrons. The molecule has 1 aromatic rings. The normalized spacial score (nSPS) is 11.1. The van der Waals surface area contributed by atoms with Crippen LogP contribution in [0.15, 0.2) is 17.0 Å². The lowest BCUT2D eigenvalue weighted by molar-refractivity contribution is 0.121. The molecule has 0 aliphatic rings. The molecule has 0 bridgehead atoms. The quantitative estimate of drug-likeness (QED) is 0.848. The van der Waals surface area contributed by atoms with E-state index in [1.165, 1.54) is 12.4 Å². The third-order valence-corrected chi connectivity index (χ3v) is 2.74. The molecule has 0 saturated carbocycles. The largest absolute Gasteiger partial charge is 0.446 e. The predicted molar refractivity (Wildman–Crippen MR) is 67.0 cm³/mol. The lowest BCUT2D eigenvalue weighted by atomic mass is 10.5. The Bertz CT molecular complexity index is 516. The molecule has 10 heteroatoms. The number of anilines is 1. The highest BCUT2D eigenvalue weighted by Gasteiger charge is 2.16. The molecule has 18 heavy (non-hydrogen) atoms. The van der Waals surface area contributed by atoms with Crippen LogP contribution in [0.25, 0.3) is 0 Å². The van der Waals surface area contributed by atoms with Crippen molar-refractivity contribution in [1.82, 2.24) is 14.7 Å². The second-order valence-corrected chi connectivity index (χ2v) is 5.61. The Morgan fingerprint density at radius 2 is 2.06 bits per heavy atom. The smallest absolute Gasteiger partial charge is 0.422 e. The number of rotatable bonds is 4. The first kappa shape index (κ1) is 14.6. The Labute approximate surface area is 112 Å². The molecule has 0 spiro atoms. The Kier molecular flexibility index (Phi) is 4.84. The van der Waals surface area contributed by atoms with Crippen molar-refractivity contribution in [2.24, 2.45) is 0 Å². The molecule has 8 nitrogen and oxygen atoms in total. The van der Waals surface area contributed by atoms with E-state index >= 15 is 0 Å². The summed E-state index contributed by atoms with van der Waals surface area (Å²) in [5.74, 6) is -0.0250. The van der Waals surface area contributed by atoms with E-state index in [0.29, 0.717) is 4.60 Å². The van der Waals surface area contributed by atoms with E-state index in [0.717, 1.165) is 0 Å². The predicted octanol–water partition coefficient (Wildman–Crippen LogP) is 1.03. The minimum absolute atomic E-state index is 0.0250. The van der Waals surface area contributed by atoms with Crippen LogP contribution in [0.4, 0.5) is 10.6 Å². The van der Waals surface area contributed by atoms with Crippen LogP contribution < -0.4 is 9.44 Å². The summed E-state index contributed by atoms with van der Waals surface area (Å²) in [6.07, 6.45) is 1.01. The summed E-state index contributed by atoms with van der Waals surface area (Å²) in [5, 5.41) is 0. The molecule has 0 aromatic carbocycles. The van der Waals surface area contributed by atoms with Crippen LogP contribution in [-0.2, 0) is 14.9 Å². The SMILES string of the molecule is CC(C)OC(=O)NS(=O)(=O)Nc1cnc(Br)cn1. The van der Waals surface area contributed by atoms with Crippen molar-refractivity contribution in [3.05, 3.63) is 17.0 Å². The molecule has 1 amide bonds. The Balaban J connectivity index is 2.65. The average molecular weight is 339 g/mol. The van der Waals surface area contributed by atoms with Gasteiger partial charge < -0.3 is 4.74 Å². The Hall–Kier alpha value is -1.42. The molecule has 2 N–H and O–H groups in total. The maximum Gasteiger partial charge on any atom is 0.422 e. The lowest BCUT2D eigenvalue weighted by Gasteiger charge is -2.10. The minimum atomic E-state index is -4.08. The van der Waals surface area contributed by atoms with Crippen molar-refractivity contribution >= 4 is 38.1 Å². The van der Waals surface area contributed by atoms with E-state index in [-0.39, 0.29) is 5.82 Å². The number of aromatic nitrogens is 2. The molecule has 0 fully saturated rings. The van der Waals surface area contributed by atoms with Crippen molar-refractivity contribution in [2.45, 2.75) is 20.0 Å². The summed E-state index contributed by atoms with van der Waals surface area (Å²) in [6, 6.07) is 0. The van der Waals surface area contributed by atoms with Crippen LogP contribution in [-0.4, -0.2) is 30.6 Å². The van der Waals surface area contributed by atoms with Gasteiger partial charge in [0.15, 0.2) is 5.82 Å². The number of hydrogen-bond acceptors (Lipinski definition) is 6. The average Bonchev–Trinajstić information content (AvgIpc) is 2.18. The third-order valence-electron chi connectivity index (χ3n) is 1.42. The first-order valence-electron chi connectivity index (χ1n) is 4.77. The van der Waals surface area contributed by atoms with Crippen molar-refractivity contribution in [2.75, 3.05) is 4.72 Å². The molecule has 0 aliphatic heterocycles. The lowest BCUT2D eigenvalue weighted by Crippen LogP contribution is -2.37. The third kappa shape index (κ3) is 5.27. The van der Waals surface area contributed by atoms with Gasteiger partial charge in [-0.3, -0.25) is 0 Å². The molecule has 0 radical (unpaired) electrons. The van der Waals surface area contributed by atoms with Crippen LogP contribution in [0.2, 0.25) is 0 Å². The molecule has 1 heterocycles. The van der Waals surface area contributed by atoms with E-state index < -0.39 is 22.4 Å². The van der Waals surface area contributed by atoms with Crippen molar-refractivity contribution in [3.63, 3.8) is 0 Å². The number of nitrogens with one attached hydrogen (secondary N) is 2. The molecule has 1 aromatic heterocycles. The fourth-order valence-electron chi connectivity index (χ4n) is 0.876. The molecule has 0 aliphatic carbocycles. The van der Waals surface area contributed by atoms with Gasteiger partial charge in [-0.1, -0.05) is 0 Å². The fourth-order valence-corrected chi connectivity index (χ4v) is 1.78. The van der Waals surface area contributed by atoms with E-state index in [1.54, 1.807) is 18.6 Å². The van der Waals surface area contributed by atoms with E-state index in [4.69, 9.17) is 0 Å². The summed E-state index contributed by atoms with van der Waals surface area (Å²) in [5.41, 5.74) is 0. The number of carbonyl (C=O) groups is 1. The maximum atomic E-state index is 11.5. The zero-order chi connectivity index (χ0) is 13.8. The van der Waals surface area contributed by atoms with Crippen molar-refractivity contribution in [3.8, 4) is 0 Å². The van der Waals surface area contributed by atoms with Crippen molar-refractivity contribution < 1.29 is 17.9 Å². The summed E-state index contributed by atoms with van der Waals surface area (Å²) >= 11 is 3.05. The molecular weight excluding hydrogens is 328 g/mol. The van der Waals surface area contributed by atoms with E-state index in [1.807, 2.05) is 4.72 Å². The van der Waals surface area contributed by atoms with Gasteiger partial charge in [-0.05, 0) is 29.8 Å². The highest BCUT2D eigenvalue weighted by molar-refractivity contribution is 9.10. The van der Waals surface area contributed by atoms with Gasteiger partial charge in [-0.2, -0.15) is 8.42 Å². The van der Waals surface area contributed by atoms with Gasteiger partial charge in [0.2, 0.25) is 0 Å². The van der Waals surface area contributed by atoms with Gasteiger partial charge in [0, 0.05) is 0 Å².